The number of nitrogens with zero attached hydrogens (tertiary/aromatic N) is 1. The smallest absolute Gasteiger partial charge is 0.317 e. The molecular formula is C18H26N2O3. The maximum Gasteiger partial charge on any atom is 0.317 e. The molecule has 0 spiro atoms. The third-order valence-corrected chi connectivity index (χ3v) is 5.00. The molecule has 1 N–H and O–H groups in total. The minimum Gasteiger partial charge on any atom is -0.347 e. The van der Waals surface area contributed by atoms with E-state index in [1.807, 2.05) is 24.0 Å². The lowest BCUT2D eigenvalue weighted by atomic mass is 9.90. The van der Waals surface area contributed by atoms with Crippen LogP contribution in [0.5, 0.6) is 0 Å². The molecular weight excluding hydrogens is 292 g/mol. The van der Waals surface area contributed by atoms with E-state index in [9.17, 15) is 4.79 Å². The van der Waals surface area contributed by atoms with E-state index in [-0.39, 0.29) is 11.9 Å². The van der Waals surface area contributed by atoms with Crippen LogP contribution in [0.4, 0.5) is 4.79 Å². The normalized spacial score (nSPS) is 23.7. The average Bonchev–Trinajstić information content (AvgIpc) is 3.02. The minimum atomic E-state index is -0.533. The number of nitrogens with one attached hydrogen (secondary N) is 1. The summed E-state index contributed by atoms with van der Waals surface area (Å²) in [5.41, 5.74) is 2.36. The van der Waals surface area contributed by atoms with Crippen LogP contribution >= 0.6 is 0 Å². The summed E-state index contributed by atoms with van der Waals surface area (Å²) in [6, 6.07) is 8.13. The van der Waals surface area contributed by atoms with E-state index in [1.54, 1.807) is 0 Å². The number of benzene rings is 1. The number of piperidine rings is 1. The quantitative estimate of drug-likeness (QED) is 0.932. The van der Waals surface area contributed by atoms with Crippen molar-refractivity contribution < 1.29 is 14.3 Å². The zero-order chi connectivity index (χ0) is 16.3. The molecule has 1 atom stereocenters. The van der Waals surface area contributed by atoms with Crippen LogP contribution in [0.15, 0.2) is 24.3 Å². The number of carbonyl (C=O) groups excluding carboxylic acids is 1. The lowest BCUT2D eigenvalue weighted by Gasteiger charge is -2.39. The zero-order valence-corrected chi connectivity index (χ0v) is 14.0. The SMILES string of the molecule is Cc1ccccc1CNC(=O)N1CCC[C@H](C2(C)OCCO2)C1. The Kier molecular flexibility index (Phi) is 4.87. The van der Waals surface area contributed by atoms with E-state index in [2.05, 4.69) is 24.4 Å². The first-order chi connectivity index (χ1) is 11.1. The van der Waals surface area contributed by atoms with Gasteiger partial charge in [-0.1, -0.05) is 24.3 Å². The highest BCUT2D eigenvalue weighted by Gasteiger charge is 2.42. The molecule has 2 aliphatic rings. The number of hydrogen-bond acceptors (Lipinski definition) is 3. The topological polar surface area (TPSA) is 50.8 Å². The molecule has 5 nitrogen and oxygen atoms in total. The van der Waals surface area contributed by atoms with Gasteiger partial charge in [-0.05, 0) is 37.8 Å². The molecule has 0 bridgehead atoms. The monoisotopic (exact) mass is 318 g/mol. The summed E-state index contributed by atoms with van der Waals surface area (Å²) in [4.78, 5) is 14.4. The predicted octanol–water partition coefficient (Wildman–Crippen LogP) is 2.68. The van der Waals surface area contributed by atoms with Crippen molar-refractivity contribution in [1.29, 1.82) is 0 Å². The Bertz CT molecular complexity index is 555. The minimum absolute atomic E-state index is 0.000417. The summed E-state index contributed by atoms with van der Waals surface area (Å²) < 4.78 is 11.5. The molecule has 23 heavy (non-hydrogen) atoms. The number of hydrogen-bond donors (Lipinski definition) is 1. The molecule has 0 radical (unpaired) electrons. The van der Waals surface area contributed by atoms with Gasteiger partial charge in [-0.2, -0.15) is 0 Å². The summed E-state index contributed by atoms with van der Waals surface area (Å²) >= 11 is 0. The third kappa shape index (κ3) is 3.67. The maximum atomic E-state index is 12.5. The first-order valence-electron chi connectivity index (χ1n) is 8.44. The molecule has 0 aliphatic carbocycles. The first kappa shape index (κ1) is 16.3. The average molecular weight is 318 g/mol. The summed E-state index contributed by atoms with van der Waals surface area (Å²) in [6.07, 6.45) is 2.03. The molecule has 2 heterocycles. The highest BCUT2D eigenvalue weighted by molar-refractivity contribution is 5.74. The van der Waals surface area contributed by atoms with E-state index in [1.165, 1.54) is 5.56 Å². The van der Waals surface area contributed by atoms with Gasteiger partial charge in [0.2, 0.25) is 0 Å². The van der Waals surface area contributed by atoms with Crippen LogP contribution in [0.2, 0.25) is 0 Å². The van der Waals surface area contributed by atoms with E-state index >= 15 is 0 Å². The molecule has 2 amide bonds. The predicted molar refractivity (Wildman–Crippen MR) is 88.0 cm³/mol. The number of ether oxygens (including phenoxy) is 2. The second kappa shape index (κ2) is 6.89. The van der Waals surface area contributed by atoms with Gasteiger partial charge in [-0.25, -0.2) is 4.79 Å². The second-order valence-corrected chi connectivity index (χ2v) is 6.58. The summed E-state index contributed by atoms with van der Waals surface area (Å²) in [5.74, 6) is -0.294. The van der Waals surface area contributed by atoms with Crippen molar-refractivity contribution in [2.75, 3.05) is 26.3 Å². The van der Waals surface area contributed by atoms with Gasteiger partial charge in [-0.3, -0.25) is 0 Å². The third-order valence-electron chi connectivity index (χ3n) is 5.00. The van der Waals surface area contributed by atoms with Crippen LogP contribution in [0.25, 0.3) is 0 Å². The highest BCUT2D eigenvalue weighted by atomic mass is 16.7. The van der Waals surface area contributed by atoms with Crippen molar-refractivity contribution in [3.63, 3.8) is 0 Å². The first-order valence-corrected chi connectivity index (χ1v) is 8.44. The van der Waals surface area contributed by atoms with Gasteiger partial charge >= 0.3 is 6.03 Å². The molecule has 1 aromatic rings. The summed E-state index contributed by atoms with van der Waals surface area (Å²) in [7, 11) is 0. The number of rotatable bonds is 3. The summed E-state index contributed by atoms with van der Waals surface area (Å²) in [6.45, 7) is 7.41. The van der Waals surface area contributed by atoms with Crippen LogP contribution in [0, 0.1) is 12.8 Å². The fourth-order valence-electron chi connectivity index (χ4n) is 3.45. The van der Waals surface area contributed by atoms with Crippen molar-refractivity contribution in [2.45, 2.75) is 39.0 Å². The number of urea groups is 1. The Hall–Kier alpha value is -1.59. The zero-order valence-electron chi connectivity index (χ0n) is 14.0. The molecule has 3 rings (SSSR count). The maximum absolute atomic E-state index is 12.5. The van der Waals surface area contributed by atoms with Crippen molar-refractivity contribution in [2.24, 2.45) is 5.92 Å². The molecule has 5 heteroatoms. The number of carbonyl (C=O) groups is 1. The Morgan fingerprint density at radius 3 is 2.83 bits per heavy atom. The molecule has 0 saturated carbocycles. The van der Waals surface area contributed by atoms with E-state index in [0.717, 1.165) is 24.9 Å². The van der Waals surface area contributed by atoms with Crippen molar-refractivity contribution in [1.82, 2.24) is 10.2 Å². The van der Waals surface area contributed by atoms with Gasteiger partial charge in [0, 0.05) is 25.6 Å². The lowest BCUT2D eigenvalue weighted by molar-refractivity contribution is -0.189. The van der Waals surface area contributed by atoms with Crippen LogP contribution in [0.1, 0.15) is 30.9 Å². The lowest BCUT2D eigenvalue weighted by Crippen LogP contribution is -2.51. The van der Waals surface area contributed by atoms with E-state index < -0.39 is 5.79 Å². The van der Waals surface area contributed by atoms with Crippen molar-refractivity contribution in [3.05, 3.63) is 35.4 Å². The standard InChI is InChI=1S/C18H26N2O3/c1-14-6-3-4-7-15(14)12-19-17(21)20-9-5-8-16(13-20)18(2)22-10-11-23-18/h3-4,6-7,16H,5,8-13H2,1-2H3,(H,19,21)/t16-/m0/s1. The Labute approximate surface area is 137 Å². The van der Waals surface area contributed by atoms with Crippen molar-refractivity contribution in [3.8, 4) is 0 Å². The Morgan fingerprint density at radius 2 is 2.09 bits per heavy atom. The van der Waals surface area contributed by atoms with Gasteiger partial charge in [0.25, 0.3) is 0 Å². The van der Waals surface area contributed by atoms with Crippen LogP contribution in [-0.2, 0) is 16.0 Å². The fraction of sp³-hybridized carbons (Fsp3) is 0.611. The second-order valence-electron chi connectivity index (χ2n) is 6.58. The van der Waals surface area contributed by atoms with E-state index in [4.69, 9.17) is 9.47 Å². The fourth-order valence-corrected chi connectivity index (χ4v) is 3.45. The van der Waals surface area contributed by atoms with Crippen molar-refractivity contribution >= 4 is 6.03 Å². The largest absolute Gasteiger partial charge is 0.347 e. The van der Waals surface area contributed by atoms with Gasteiger partial charge in [-0.15, -0.1) is 0 Å². The Morgan fingerprint density at radius 1 is 1.35 bits per heavy atom. The highest BCUT2D eigenvalue weighted by Crippen LogP contribution is 2.34. The van der Waals surface area contributed by atoms with Gasteiger partial charge in [0.15, 0.2) is 5.79 Å². The number of amides is 2. The molecule has 2 aliphatic heterocycles. The summed E-state index contributed by atoms with van der Waals surface area (Å²) in [5, 5.41) is 3.04. The molecule has 2 fully saturated rings. The van der Waals surface area contributed by atoms with Crippen LogP contribution in [-0.4, -0.2) is 43.0 Å². The van der Waals surface area contributed by atoms with E-state index in [0.29, 0.717) is 26.3 Å². The van der Waals surface area contributed by atoms with Crippen LogP contribution in [0.3, 0.4) is 0 Å². The molecule has 0 aromatic heterocycles. The number of aryl methyl sites for hydroxylation is 1. The van der Waals surface area contributed by atoms with Gasteiger partial charge in [0.1, 0.15) is 0 Å². The molecule has 126 valence electrons. The van der Waals surface area contributed by atoms with Gasteiger partial charge in [0.05, 0.1) is 13.2 Å². The van der Waals surface area contributed by atoms with Crippen LogP contribution < -0.4 is 5.32 Å². The molecule has 0 unspecified atom stereocenters. The number of likely N-dealkylation sites (tertiary alicyclic amines) is 1. The molecule has 2 saturated heterocycles. The Balaban J connectivity index is 1.56. The molecule has 1 aromatic carbocycles. The van der Waals surface area contributed by atoms with Gasteiger partial charge < -0.3 is 19.7 Å².